The predicted molar refractivity (Wildman–Crippen MR) is 103 cm³/mol. The highest BCUT2D eigenvalue weighted by molar-refractivity contribution is 7.18. The van der Waals surface area contributed by atoms with Crippen LogP contribution in [0, 0.1) is 21.4 Å². The minimum atomic E-state index is -0.748. The predicted octanol–water partition coefficient (Wildman–Crippen LogP) is 2.46. The molecule has 1 amide bonds. The van der Waals surface area contributed by atoms with Crippen LogP contribution in [0.15, 0.2) is 41.3 Å². The number of nitriles is 1. The molecule has 0 saturated carbocycles. The molecule has 9 nitrogen and oxygen atoms in total. The van der Waals surface area contributed by atoms with Gasteiger partial charge in [-0.05, 0) is 19.1 Å². The lowest BCUT2D eigenvalue weighted by Crippen LogP contribution is -2.36. The number of fused-ring (bicyclic) bond motifs is 1. The second kappa shape index (κ2) is 7.58. The molecule has 142 valence electrons. The van der Waals surface area contributed by atoms with Crippen molar-refractivity contribution in [1.29, 1.82) is 5.26 Å². The van der Waals surface area contributed by atoms with Crippen LogP contribution in [0.25, 0.3) is 10.2 Å². The van der Waals surface area contributed by atoms with E-state index in [-0.39, 0.29) is 11.6 Å². The fourth-order valence-corrected chi connectivity index (χ4v) is 3.69. The van der Waals surface area contributed by atoms with Crippen molar-refractivity contribution in [3.05, 3.63) is 67.6 Å². The molecule has 2 heterocycles. The summed E-state index contributed by atoms with van der Waals surface area (Å²) in [5.74, 6) is -0.432. The van der Waals surface area contributed by atoms with Crippen LogP contribution in [0.5, 0.6) is 0 Å². The number of para-hydroxylation sites is 1. The molecule has 0 radical (unpaired) electrons. The van der Waals surface area contributed by atoms with Gasteiger partial charge in [0.1, 0.15) is 23.2 Å². The first kappa shape index (κ1) is 19.2. The molecule has 0 aliphatic rings. The van der Waals surface area contributed by atoms with E-state index in [0.717, 1.165) is 32.1 Å². The second-order valence-corrected chi connectivity index (χ2v) is 7.18. The summed E-state index contributed by atoms with van der Waals surface area (Å²) < 4.78 is 1.89. The summed E-state index contributed by atoms with van der Waals surface area (Å²) in [6.45, 7) is 1.40. The Morgan fingerprint density at radius 2 is 2.18 bits per heavy atom. The van der Waals surface area contributed by atoms with Gasteiger partial charge < -0.3 is 4.90 Å². The maximum Gasteiger partial charge on any atom is 0.287 e. The summed E-state index contributed by atoms with van der Waals surface area (Å²) in [6, 6.07) is 9.79. The molecular formula is C18H15N5O4S. The minimum absolute atomic E-state index is 0.352. The number of likely N-dealkylation sites (N-methyl/N-ethyl adjacent to an activating group) is 1. The lowest BCUT2D eigenvalue weighted by atomic mass is 10.2. The number of carbonyl (C=O) groups is 1. The molecule has 0 aliphatic heterocycles. The van der Waals surface area contributed by atoms with Gasteiger partial charge >= 0.3 is 0 Å². The Balaban J connectivity index is 1.86. The summed E-state index contributed by atoms with van der Waals surface area (Å²) in [4.78, 5) is 41.1. The van der Waals surface area contributed by atoms with E-state index < -0.39 is 28.6 Å². The van der Waals surface area contributed by atoms with Crippen molar-refractivity contribution in [2.75, 3.05) is 7.05 Å². The molecule has 28 heavy (non-hydrogen) atoms. The van der Waals surface area contributed by atoms with Gasteiger partial charge in [0.05, 0.1) is 27.4 Å². The van der Waals surface area contributed by atoms with E-state index in [2.05, 4.69) is 4.98 Å². The SMILES string of the molecule is C[C@@H](c1nc2ccccc2s1)N(C)C(=O)Cn1cc([N+](=O)[O-])cc(C#N)c1=O. The van der Waals surface area contributed by atoms with Crippen molar-refractivity contribution in [1.82, 2.24) is 14.5 Å². The fraction of sp³-hybridized carbons (Fsp3) is 0.222. The zero-order chi connectivity index (χ0) is 20.4. The highest BCUT2D eigenvalue weighted by Crippen LogP contribution is 2.28. The third-order valence-electron chi connectivity index (χ3n) is 4.35. The fourth-order valence-electron chi connectivity index (χ4n) is 2.62. The summed E-state index contributed by atoms with van der Waals surface area (Å²) >= 11 is 1.47. The largest absolute Gasteiger partial charge is 0.335 e. The standard InChI is InChI=1S/C18H15N5O4S/c1-11(17-20-14-5-3-4-6-15(14)28-17)21(2)16(24)10-22-9-13(23(26)27)7-12(8-19)18(22)25/h3-7,9,11H,10H2,1-2H3/t11-/m0/s1. The zero-order valence-electron chi connectivity index (χ0n) is 15.0. The van der Waals surface area contributed by atoms with E-state index in [4.69, 9.17) is 5.26 Å². The van der Waals surface area contributed by atoms with Crippen LogP contribution in [-0.4, -0.2) is 32.3 Å². The number of nitro groups is 1. The Morgan fingerprint density at radius 3 is 2.82 bits per heavy atom. The average molecular weight is 397 g/mol. The van der Waals surface area contributed by atoms with Gasteiger partial charge in [-0.25, -0.2) is 4.98 Å². The lowest BCUT2D eigenvalue weighted by Gasteiger charge is -2.23. The topological polar surface area (TPSA) is 122 Å². The Bertz CT molecular complexity index is 1140. The van der Waals surface area contributed by atoms with Crippen LogP contribution in [0.4, 0.5) is 5.69 Å². The molecule has 0 unspecified atom stereocenters. The number of hydrogen-bond donors (Lipinski definition) is 0. The molecule has 0 fully saturated rings. The number of benzene rings is 1. The van der Waals surface area contributed by atoms with Crippen molar-refractivity contribution >= 4 is 33.1 Å². The smallest absolute Gasteiger partial charge is 0.287 e. The maximum atomic E-state index is 12.7. The van der Waals surface area contributed by atoms with Gasteiger partial charge in [0, 0.05) is 13.1 Å². The molecule has 1 atom stereocenters. The van der Waals surface area contributed by atoms with E-state index in [0.29, 0.717) is 0 Å². The van der Waals surface area contributed by atoms with E-state index in [1.165, 1.54) is 16.2 Å². The Labute approximate surface area is 163 Å². The second-order valence-electron chi connectivity index (χ2n) is 6.11. The van der Waals surface area contributed by atoms with E-state index >= 15 is 0 Å². The third kappa shape index (κ3) is 3.60. The number of amides is 1. The number of carbonyl (C=O) groups excluding carboxylic acids is 1. The van der Waals surface area contributed by atoms with Crippen molar-refractivity contribution in [3.8, 4) is 6.07 Å². The van der Waals surface area contributed by atoms with Crippen LogP contribution in [0.3, 0.4) is 0 Å². The monoisotopic (exact) mass is 397 g/mol. The van der Waals surface area contributed by atoms with Gasteiger partial charge in [0.25, 0.3) is 11.2 Å². The molecule has 0 saturated heterocycles. The van der Waals surface area contributed by atoms with Crippen molar-refractivity contribution in [3.63, 3.8) is 0 Å². The van der Waals surface area contributed by atoms with Gasteiger partial charge in [-0.2, -0.15) is 5.26 Å². The molecule has 2 aromatic heterocycles. The summed E-state index contributed by atoms with van der Waals surface area (Å²) in [5.41, 5.74) is -0.721. The number of pyridine rings is 1. The third-order valence-corrected chi connectivity index (χ3v) is 5.56. The summed E-state index contributed by atoms with van der Waals surface area (Å²) in [6.07, 6.45) is 0.970. The highest BCUT2D eigenvalue weighted by Gasteiger charge is 2.22. The van der Waals surface area contributed by atoms with Crippen LogP contribution >= 0.6 is 11.3 Å². The van der Waals surface area contributed by atoms with E-state index in [1.54, 1.807) is 13.1 Å². The normalized spacial score (nSPS) is 11.8. The molecule has 0 bridgehead atoms. The maximum absolute atomic E-state index is 12.7. The Morgan fingerprint density at radius 1 is 1.46 bits per heavy atom. The first-order valence-electron chi connectivity index (χ1n) is 8.22. The summed E-state index contributed by atoms with van der Waals surface area (Å²) in [7, 11) is 1.58. The molecule has 0 N–H and O–H groups in total. The molecule has 0 aliphatic carbocycles. The molecule has 10 heteroatoms. The van der Waals surface area contributed by atoms with Crippen LogP contribution in [-0.2, 0) is 11.3 Å². The molecule has 1 aromatic carbocycles. The van der Waals surface area contributed by atoms with Crippen molar-refractivity contribution in [2.45, 2.75) is 19.5 Å². The molecular weight excluding hydrogens is 382 g/mol. The van der Waals surface area contributed by atoms with E-state index in [1.807, 2.05) is 31.2 Å². The van der Waals surface area contributed by atoms with Gasteiger partial charge in [0.15, 0.2) is 0 Å². The number of rotatable bonds is 5. The summed E-state index contributed by atoms with van der Waals surface area (Å²) in [5, 5.41) is 20.8. The molecule has 3 aromatic rings. The zero-order valence-corrected chi connectivity index (χ0v) is 15.8. The number of hydrogen-bond acceptors (Lipinski definition) is 7. The van der Waals surface area contributed by atoms with Crippen LogP contribution in [0.2, 0.25) is 0 Å². The number of thiazole rings is 1. The first-order valence-corrected chi connectivity index (χ1v) is 9.03. The van der Waals surface area contributed by atoms with E-state index in [9.17, 15) is 19.7 Å². The van der Waals surface area contributed by atoms with Gasteiger partial charge in [-0.15, -0.1) is 11.3 Å². The minimum Gasteiger partial charge on any atom is -0.335 e. The molecule has 0 spiro atoms. The van der Waals surface area contributed by atoms with Crippen LogP contribution < -0.4 is 5.56 Å². The number of nitrogens with zero attached hydrogens (tertiary/aromatic N) is 5. The van der Waals surface area contributed by atoms with Crippen LogP contribution in [0.1, 0.15) is 23.5 Å². The highest BCUT2D eigenvalue weighted by atomic mass is 32.1. The first-order chi connectivity index (χ1) is 13.3. The van der Waals surface area contributed by atoms with Gasteiger partial charge in [0.2, 0.25) is 5.91 Å². The number of aromatic nitrogens is 2. The van der Waals surface area contributed by atoms with Gasteiger partial charge in [-0.1, -0.05) is 12.1 Å². The van der Waals surface area contributed by atoms with Crippen molar-refractivity contribution in [2.24, 2.45) is 0 Å². The van der Waals surface area contributed by atoms with Crippen molar-refractivity contribution < 1.29 is 9.72 Å². The Hall–Kier alpha value is -3.58. The lowest BCUT2D eigenvalue weighted by molar-refractivity contribution is -0.385. The quantitative estimate of drug-likeness (QED) is 0.481. The molecule has 3 rings (SSSR count). The average Bonchev–Trinajstić information content (AvgIpc) is 3.12. The Kier molecular flexibility index (Phi) is 5.19. The van der Waals surface area contributed by atoms with Gasteiger partial charge in [-0.3, -0.25) is 24.3 Å².